The molecule has 0 aliphatic carbocycles. The molecule has 1 unspecified atom stereocenters. The van der Waals surface area contributed by atoms with E-state index in [1.807, 2.05) is 18.4 Å². The van der Waals surface area contributed by atoms with Gasteiger partial charge in [-0.2, -0.15) is 0 Å². The summed E-state index contributed by atoms with van der Waals surface area (Å²) in [6.07, 6.45) is 2.26. The number of hydrogen-bond donors (Lipinski definition) is 1. The SMILES string of the molecule is CC(C)n1cncc1C(O)Cc1cc(F)ccc1F. The first-order chi connectivity index (χ1) is 8.99. The van der Waals surface area contributed by atoms with E-state index in [1.54, 1.807) is 12.5 Å². The van der Waals surface area contributed by atoms with Crippen LogP contribution in [0.25, 0.3) is 0 Å². The van der Waals surface area contributed by atoms with Crippen LogP contribution in [0.5, 0.6) is 0 Å². The minimum Gasteiger partial charge on any atom is -0.386 e. The molecule has 3 nitrogen and oxygen atoms in total. The molecule has 1 N–H and O–H groups in total. The van der Waals surface area contributed by atoms with Crippen LogP contribution in [0.2, 0.25) is 0 Å². The van der Waals surface area contributed by atoms with Crippen molar-refractivity contribution in [2.24, 2.45) is 0 Å². The summed E-state index contributed by atoms with van der Waals surface area (Å²) >= 11 is 0. The monoisotopic (exact) mass is 266 g/mol. The van der Waals surface area contributed by atoms with E-state index in [1.165, 1.54) is 0 Å². The van der Waals surface area contributed by atoms with Gasteiger partial charge in [-0.1, -0.05) is 0 Å². The Kier molecular flexibility index (Phi) is 3.95. The third-order valence-electron chi connectivity index (χ3n) is 3.01. The molecule has 0 amide bonds. The standard InChI is InChI=1S/C14H16F2N2O/c1-9(2)18-8-17-7-13(18)14(19)6-10-5-11(15)3-4-12(10)16/h3-5,7-9,14,19H,6H2,1-2H3. The fraction of sp³-hybridized carbons (Fsp3) is 0.357. The Hall–Kier alpha value is -1.75. The van der Waals surface area contributed by atoms with Gasteiger partial charge in [-0.15, -0.1) is 0 Å². The minimum absolute atomic E-state index is 0.0159. The van der Waals surface area contributed by atoms with Gasteiger partial charge in [-0.25, -0.2) is 13.8 Å². The van der Waals surface area contributed by atoms with E-state index in [9.17, 15) is 13.9 Å². The van der Waals surface area contributed by atoms with Crippen molar-refractivity contribution >= 4 is 0 Å². The average molecular weight is 266 g/mol. The first-order valence-corrected chi connectivity index (χ1v) is 6.12. The lowest BCUT2D eigenvalue weighted by Gasteiger charge is -2.16. The number of aromatic nitrogens is 2. The maximum atomic E-state index is 13.5. The molecule has 0 aliphatic heterocycles. The van der Waals surface area contributed by atoms with Gasteiger partial charge in [0, 0.05) is 12.5 Å². The highest BCUT2D eigenvalue weighted by molar-refractivity contribution is 5.21. The molecule has 19 heavy (non-hydrogen) atoms. The van der Waals surface area contributed by atoms with Crippen molar-refractivity contribution in [3.63, 3.8) is 0 Å². The number of nitrogens with zero attached hydrogens (tertiary/aromatic N) is 2. The van der Waals surface area contributed by atoms with Gasteiger partial charge >= 0.3 is 0 Å². The normalized spacial score (nSPS) is 12.9. The molecule has 0 spiro atoms. The first kappa shape index (κ1) is 13.7. The van der Waals surface area contributed by atoms with Gasteiger partial charge in [-0.05, 0) is 37.6 Å². The summed E-state index contributed by atoms with van der Waals surface area (Å²) in [5.41, 5.74) is 0.752. The summed E-state index contributed by atoms with van der Waals surface area (Å²) in [5, 5.41) is 10.2. The van der Waals surface area contributed by atoms with E-state index in [0.29, 0.717) is 5.69 Å². The Morgan fingerprint density at radius 3 is 2.74 bits per heavy atom. The van der Waals surface area contributed by atoms with Crippen molar-refractivity contribution in [3.05, 3.63) is 53.6 Å². The topological polar surface area (TPSA) is 38.0 Å². The molecular weight excluding hydrogens is 250 g/mol. The second-order valence-electron chi connectivity index (χ2n) is 4.78. The highest BCUT2D eigenvalue weighted by Gasteiger charge is 2.17. The number of aliphatic hydroxyl groups excluding tert-OH is 1. The summed E-state index contributed by atoms with van der Waals surface area (Å²) in [7, 11) is 0. The zero-order valence-corrected chi connectivity index (χ0v) is 10.8. The molecule has 2 rings (SSSR count). The summed E-state index contributed by atoms with van der Waals surface area (Å²) < 4.78 is 28.4. The zero-order chi connectivity index (χ0) is 14.0. The zero-order valence-electron chi connectivity index (χ0n) is 10.8. The summed E-state index contributed by atoms with van der Waals surface area (Å²) in [6, 6.07) is 3.37. The molecule has 1 aromatic heterocycles. The van der Waals surface area contributed by atoms with Crippen molar-refractivity contribution in [2.45, 2.75) is 32.4 Å². The van der Waals surface area contributed by atoms with Crippen LogP contribution in [-0.4, -0.2) is 14.7 Å². The molecule has 0 bridgehead atoms. The molecule has 0 aliphatic rings. The predicted molar refractivity (Wildman–Crippen MR) is 67.6 cm³/mol. The maximum Gasteiger partial charge on any atom is 0.126 e. The highest BCUT2D eigenvalue weighted by Crippen LogP contribution is 2.22. The smallest absolute Gasteiger partial charge is 0.126 e. The molecule has 1 aromatic carbocycles. The molecule has 2 aromatic rings. The lowest BCUT2D eigenvalue weighted by atomic mass is 10.0. The van der Waals surface area contributed by atoms with Crippen molar-refractivity contribution in [1.29, 1.82) is 0 Å². The molecule has 102 valence electrons. The molecule has 0 saturated carbocycles. The number of imidazole rings is 1. The van der Waals surface area contributed by atoms with Gasteiger partial charge in [-0.3, -0.25) is 0 Å². The van der Waals surface area contributed by atoms with Crippen LogP contribution in [0.3, 0.4) is 0 Å². The summed E-state index contributed by atoms with van der Waals surface area (Å²) in [4.78, 5) is 3.98. The minimum atomic E-state index is -0.916. The van der Waals surface area contributed by atoms with E-state index in [4.69, 9.17) is 0 Å². The molecule has 1 atom stereocenters. The third-order valence-corrected chi connectivity index (χ3v) is 3.01. The van der Waals surface area contributed by atoms with Crippen LogP contribution < -0.4 is 0 Å². The number of halogens is 2. The highest BCUT2D eigenvalue weighted by atomic mass is 19.1. The Morgan fingerprint density at radius 2 is 2.05 bits per heavy atom. The average Bonchev–Trinajstić information content (AvgIpc) is 2.83. The number of benzene rings is 1. The molecule has 0 saturated heterocycles. The molecular formula is C14H16F2N2O. The van der Waals surface area contributed by atoms with Crippen molar-refractivity contribution in [1.82, 2.24) is 9.55 Å². The largest absolute Gasteiger partial charge is 0.386 e. The van der Waals surface area contributed by atoms with Crippen molar-refractivity contribution in [2.75, 3.05) is 0 Å². The Balaban J connectivity index is 2.23. The van der Waals surface area contributed by atoms with Crippen molar-refractivity contribution < 1.29 is 13.9 Å². The van der Waals surface area contributed by atoms with E-state index in [0.717, 1.165) is 18.2 Å². The van der Waals surface area contributed by atoms with Crippen LogP contribution in [0, 0.1) is 11.6 Å². The third kappa shape index (κ3) is 2.98. The lowest BCUT2D eigenvalue weighted by molar-refractivity contribution is 0.165. The number of rotatable bonds is 4. The van der Waals surface area contributed by atoms with Crippen LogP contribution in [0.15, 0.2) is 30.7 Å². The molecule has 0 fully saturated rings. The van der Waals surface area contributed by atoms with E-state index < -0.39 is 17.7 Å². The van der Waals surface area contributed by atoms with Crippen molar-refractivity contribution in [3.8, 4) is 0 Å². The molecule has 1 heterocycles. The van der Waals surface area contributed by atoms with Crippen LogP contribution >= 0.6 is 0 Å². The fourth-order valence-electron chi connectivity index (χ4n) is 2.02. The first-order valence-electron chi connectivity index (χ1n) is 6.12. The number of aliphatic hydroxyl groups is 1. The van der Waals surface area contributed by atoms with Gasteiger partial charge in [0.15, 0.2) is 0 Å². The van der Waals surface area contributed by atoms with E-state index in [-0.39, 0.29) is 18.0 Å². The van der Waals surface area contributed by atoms with Crippen LogP contribution in [-0.2, 0) is 6.42 Å². The van der Waals surface area contributed by atoms with Gasteiger partial charge in [0.2, 0.25) is 0 Å². The van der Waals surface area contributed by atoms with Gasteiger partial charge in [0.05, 0.1) is 24.3 Å². The molecule has 0 radical (unpaired) electrons. The quantitative estimate of drug-likeness (QED) is 0.923. The molecule has 5 heteroatoms. The second kappa shape index (κ2) is 5.48. The Labute approximate surface area is 110 Å². The number of hydrogen-bond acceptors (Lipinski definition) is 2. The predicted octanol–water partition coefficient (Wildman–Crippen LogP) is 3.02. The van der Waals surface area contributed by atoms with Crippen LogP contribution in [0.1, 0.15) is 37.3 Å². The second-order valence-corrected chi connectivity index (χ2v) is 4.78. The van der Waals surface area contributed by atoms with Gasteiger partial charge in [0.25, 0.3) is 0 Å². The fourth-order valence-corrected chi connectivity index (χ4v) is 2.02. The summed E-state index contributed by atoms with van der Waals surface area (Å²) in [6.45, 7) is 3.92. The Morgan fingerprint density at radius 1 is 1.32 bits per heavy atom. The maximum absolute atomic E-state index is 13.5. The van der Waals surface area contributed by atoms with E-state index in [2.05, 4.69) is 4.98 Å². The Bertz CT molecular complexity index is 566. The van der Waals surface area contributed by atoms with E-state index >= 15 is 0 Å². The lowest BCUT2D eigenvalue weighted by Crippen LogP contribution is -2.11. The summed E-state index contributed by atoms with van der Waals surface area (Å²) in [5.74, 6) is -1.03. The van der Waals surface area contributed by atoms with Gasteiger partial charge < -0.3 is 9.67 Å². The van der Waals surface area contributed by atoms with Crippen LogP contribution in [0.4, 0.5) is 8.78 Å². The van der Waals surface area contributed by atoms with Gasteiger partial charge in [0.1, 0.15) is 11.6 Å².